The molecule has 3 aliphatic rings. The Bertz CT molecular complexity index is 1320. The van der Waals surface area contributed by atoms with Gasteiger partial charge < -0.3 is 4.90 Å². The smallest absolute Gasteiger partial charge is 0.329 e. The number of anilines is 3. The number of aryl methyl sites for hydroxylation is 1. The van der Waals surface area contributed by atoms with Crippen LogP contribution in [0.3, 0.4) is 0 Å². The van der Waals surface area contributed by atoms with Crippen molar-refractivity contribution < 1.29 is 18.4 Å². The first-order valence-electron chi connectivity index (χ1n) is 11.4. The average Bonchev–Trinajstić information content (AvgIpc) is 3.22. The quantitative estimate of drug-likeness (QED) is 0.564. The summed E-state index contributed by atoms with van der Waals surface area (Å²) >= 11 is 0. The third-order valence-corrected chi connectivity index (χ3v) is 6.87. The summed E-state index contributed by atoms with van der Waals surface area (Å²) in [5, 5.41) is 10.6. The molecule has 2 N–H and O–H groups in total. The number of fused-ring (bicyclic) bond motifs is 5. The summed E-state index contributed by atoms with van der Waals surface area (Å²) < 4.78 is 26.7. The Morgan fingerprint density at radius 1 is 1.24 bits per heavy atom. The Hall–Kier alpha value is -3.63. The minimum Gasteiger partial charge on any atom is -0.366 e. The molecule has 3 aromatic rings. The van der Waals surface area contributed by atoms with Gasteiger partial charge in [-0.3, -0.25) is 20.1 Å². The van der Waals surface area contributed by atoms with Crippen molar-refractivity contribution in [3.8, 4) is 0 Å². The minimum absolute atomic E-state index is 0.102. The largest absolute Gasteiger partial charge is 0.366 e. The number of carbonyl (C=O) groups is 2. The number of rotatable bonds is 4. The lowest BCUT2D eigenvalue weighted by Gasteiger charge is -2.45. The molecule has 6 rings (SSSR count). The van der Waals surface area contributed by atoms with Crippen LogP contribution in [0.25, 0.3) is 11.0 Å². The first-order valence-corrected chi connectivity index (χ1v) is 11.4. The van der Waals surface area contributed by atoms with E-state index >= 15 is 0 Å². The maximum absolute atomic E-state index is 13.5. The van der Waals surface area contributed by atoms with Gasteiger partial charge in [0.05, 0.1) is 17.1 Å². The van der Waals surface area contributed by atoms with Crippen LogP contribution in [-0.2, 0) is 0 Å². The van der Waals surface area contributed by atoms with E-state index in [4.69, 9.17) is 0 Å². The number of pyridine rings is 2. The molecule has 2 amide bonds. The molecule has 176 valence electrons. The Morgan fingerprint density at radius 2 is 2.06 bits per heavy atom. The van der Waals surface area contributed by atoms with Crippen LogP contribution in [0.2, 0.25) is 0 Å². The molecule has 2 aliphatic heterocycles. The van der Waals surface area contributed by atoms with Crippen LogP contribution in [0.1, 0.15) is 41.9 Å². The van der Waals surface area contributed by atoms with E-state index in [9.17, 15) is 18.4 Å². The Kier molecular flexibility index (Phi) is 4.58. The highest BCUT2D eigenvalue weighted by molar-refractivity contribution is 6.07. The Balaban J connectivity index is 1.32. The molecule has 2 fully saturated rings. The minimum atomic E-state index is -2.77. The van der Waals surface area contributed by atoms with Crippen molar-refractivity contribution in [1.29, 1.82) is 0 Å². The highest BCUT2D eigenvalue weighted by Gasteiger charge is 2.57. The highest BCUT2D eigenvalue weighted by Crippen LogP contribution is 2.51. The summed E-state index contributed by atoms with van der Waals surface area (Å²) in [6.45, 7) is 3.36. The van der Waals surface area contributed by atoms with Gasteiger partial charge in [-0.05, 0) is 44.0 Å². The number of H-pyrrole nitrogens is 1. The third kappa shape index (κ3) is 3.46. The molecule has 11 heteroatoms. The number of urea groups is 1. The number of ketones is 1. The van der Waals surface area contributed by atoms with E-state index in [-0.39, 0.29) is 24.6 Å². The number of nitrogens with zero attached hydrogens (tertiary/aromatic N) is 5. The topological polar surface area (TPSA) is 107 Å². The van der Waals surface area contributed by atoms with Crippen LogP contribution in [0.15, 0.2) is 24.3 Å². The molecular weight excluding hydrogens is 444 g/mol. The predicted molar refractivity (Wildman–Crippen MR) is 122 cm³/mol. The van der Waals surface area contributed by atoms with E-state index in [0.717, 1.165) is 30.8 Å². The third-order valence-electron chi connectivity index (χ3n) is 6.87. The van der Waals surface area contributed by atoms with Crippen molar-refractivity contribution >= 4 is 40.2 Å². The van der Waals surface area contributed by atoms with Crippen molar-refractivity contribution in [1.82, 2.24) is 20.2 Å². The molecule has 0 aromatic carbocycles. The lowest BCUT2D eigenvalue weighted by molar-refractivity contribution is 0.0830. The van der Waals surface area contributed by atoms with Crippen molar-refractivity contribution in [2.45, 2.75) is 44.6 Å². The number of alkyl halides is 2. The Labute approximate surface area is 193 Å². The number of hydrogen-bond donors (Lipinski definition) is 2. The maximum Gasteiger partial charge on any atom is 0.329 e. The number of nitrogens with one attached hydrogen (secondary N) is 2. The van der Waals surface area contributed by atoms with Gasteiger partial charge in [0.25, 0.3) is 5.92 Å². The van der Waals surface area contributed by atoms with E-state index in [1.807, 2.05) is 19.1 Å². The number of hydrogen-bond acceptors (Lipinski definition) is 6. The van der Waals surface area contributed by atoms with Crippen molar-refractivity contribution in [2.75, 3.05) is 28.2 Å². The molecule has 5 heterocycles. The summed E-state index contributed by atoms with van der Waals surface area (Å²) in [5.41, 5.74) is 2.25. The zero-order valence-electron chi connectivity index (χ0n) is 18.5. The highest BCUT2D eigenvalue weighted by atomic mass is 19.3. The molecule has 2 bridgehead atoms. The van der Waals surface area contributed by atoms with Gasteiger partial charge in [0.15, 0.2) is 23.1 Å². The van der Waals surface area contributed by atoms with Gasteiger partial charge in [0.1, 0.15) is 5.69 Å². The SMILES string of the molecule is Cc1ccc2c(NC(=O)N3c4nc(C(=O)C[C@@H]5CC5(F)F)ccc4N4CCC[C@H]3C4)n[nH]c2n1. The van der Waals surface area contributed by atoms with Gasteiger partial charge >= 0.3 is 6.03 Å². The fourth-order valence-electron chi connectivity index (χ4n) is 4.92. The number of amides is 2. The normalized spacial score (nSPS) is 22.4. The van der Waals surface area contributed by atoms with Crippen molar-refractivity contribution in [2.24, 2.45) is 5.92 Å². The van der Waals surface area contributed by atoms with E-state index in [2.05, 4.69) is 30.4 Å². The molecule has 0 spiro atoms. The molecule has 3 aromatic heterocycles. The molecule has 0 radical (unpaired) electrons. The van der Waals surface area contributed by atoms with Gasteiger partial charge in [-0.1, -0.05) is 0 Å². The lowest BCUT2D eigenvalue weighted by atomic mass is 9.99. The van der Waals surface area contributed by atoms with Gasteiger partial charge in [0, 0.05) is 37.5 Å². The number of aromatic nitrogens is 4. The van der Waals surface area contributed by atoms with E-state index in [0.29, 0.717) is 29.2 Å². The maximum atomic E-state index is 13.5. The lowest BCUT2D eigenvalue weighted by Crippen LogP contribution is -2.56. The zero-order chi connectivity index (χ0) is 23.6. The molecule has 1 aliphatic carbocycles. The van der Waals surface area contributed by atoms with Crippen LogP contribution in [-0.4, -0.2) is 57.0 Å². The fourth-order valence-corrected chi connectivity index (χ4v) is 4.92. The average molecular weight is 467 g/mol. The summed E-state index contributed by atoms with van der Waals surface area (Å²) in [5.74, 6) is -3.40. The number of piperidine rings is 1. The summed E-state index contributed by atoms with van der Waals surface area (Å²) in [7, 11) is 0. The summed E-state index contributed by atoms with van der Waals surface area (Å²) in [4.78, 5) is 38.8. The molecule has 1 saturated heterocycles. The summed E-state index contributed by atoms with van der Waals surface area (Å²) in [6.07, 6.45) is 1.20. The monoisotopic (exact) mass is 467 g/mol. The zero-order valence-corrected chi connectivity index (χ0v) is 18.5. The first-order chi connectivity index (χ1) is 16.3. The standard InChI is InChI=1S/C23H23F2N7O2/c1-12-4-5-15-19(26-12)29-30-20(15)28-22(34)32-14-3-2-8-31(11-14)17-7-6-16(27-21(17)32)18(33)9-13-10-23(13,24)25/h4-7,13-14H,2-3,8-11H2,1H3,(H2,26,28,29,30,34)/t13-,14+/m1/s1. The number of halogens is 2. The van der Waals surface area contributed by atoms with E-state index < -0.39 is 23.7 Å². The first kappa shape index (κ1) is 20.9. The van der Waals surface area contributed by atoms with Gasteiger partial charge in [-0.15, -0.1) is 0 Å². The second kappa shape index (κ2) is 7.44. The van der Waals surface area contributed by atoms with Crippen LogP contribution in [0.5, 0.6) is 0 Å². The second-order valence-electron chi connectivity index (χ2n) is 9.29. The number of carbonyl (C=O) groups excluding carboxylic acids is 2. The van der Waals surface area contributed by atoms with Crippen LogP contribution in [0, 0.1) is 12.8 Å². The van der Waals surface area contributed by atoms with Crippen LogP contribution < -0.4 is 15.1 Å². The van der Waals surface area contributed by atoms with Crippen molar-refractivity contribution in [3.05, 3.63) is 35.7 Å². The number of Topliss-reactive ketones (excluding diaryl/α,β-unsaturated/α-hetero) is 1. The van der Waals surface area contributed by atoms with E-state index in [1.165, 1.54) is 0 Å². The molecule has 9 nitrogen and oxygen atoms in total. The van der Waals surface area contributed by atoms with Gasteiger partial charge in [-0.2, -0.15) is 5.10 Å². The fraction of sp³-hybridized carbons (Fsp3) is 0.435. The van der Waals surface area contributed by atoms with Crippen LogP contribution in [0.4, 0.5) is 30.9 Å². The van der Waals surface area contributed by atoms with Crippen LogP contribution >= 0.6 is 0 Å². The number of aromatic amines is 1. The second-order valence-corrected chi connectivity index (χ2v) is 9.29. The predicted octanol–water partition coefficient (Wildman–Crippen LogP) is 3.91. The van der Waals surface area contributed by atoms with E-state index in [1.54, 1.807) is 17.0 Å². The molecule has 34 heavy (non-hydrogen) atoms. The molecule has 0 unspecified atom stereocenters. The molecule has 1 saturated carbocycles. The summed E-state index contributed by atoms with van der Waals surface area (Å²) in [6, 6.07) is 6.48. The van der Waals surface area contributed by atoms with Crippen molar-refractivity contribution in [3.63, 3.8) is 0 Å². The Morgan fingerprint density at radius 3 is 2.85 bits per heavy atom. The molecular formula is C23H23F2N7O2. The van der Waals surface area contributed by atoms with Gasteiger partial charge in [0.2, 0.25) is 0 Å². The van der Waals surface area contributed by atoms with Gasteiger partial charge in [-0.25, -0.2) is 23.5 Å². The molecule has 2 atom stereocenters.